The molecule has 26 heavy (non-hydrogen) atoms. The van der Waals surface area contributed by atoms with Crippen molar-refractivity contribution in [1.29, 1.82) is 0 Å². The van der Waals surface area contributed by atoms with Crippen molar-refractivity contribution in [3.8, 4) is 0 Å². The first-order valence-corrected chi connectivity index (χ1v) is 6.86. The van der Waals surface area contributed by atoms with Gasteiger partial charge in [0.05, 0.1) is 12.5 Å². The third-order valence-corrected chi connectivity index (χ3v) is 2.73. The van der Waals surface area contributed by atoms with E-state index in [1.807, 2.05) is 0 Å². The van der Waals surface area contributed by atoms with Crippen molar-refractivity contribution in [3.63, 3.8) is 0 Å². The summed E-state index contributed by atoms with van der Waals surface area (Å²) in [4.78, 5) is 24.0. The van der Waals surface area contributed by atoms with Gasteiger partial charge in [-0.1, -0.05) is 0 Å². The molecule has 6 nitrogen and oxygen atoms in total. The molecule has 2 rings (SSSR count). The minimum absolute atomic E-state index is 0.243. The van der Waals surface area contributed by atoms with Crippen molar-refractivity contribution in [2.45, 2.75) is 0 Å². The predicted octanol–water partition coefficient (Wildman–Crippen LogP) is 3.43. The quantitative estimate of drug-likeness (QED) is 0.221. The number of carbonyl (C=O) groups is 2. The van der Waals surface area contributed by atoms with E-state index in [0.29, 0.717) is 12.2 Å². The standard InChI is InChI=1S/C14H8B2F4O6/c17-15(18)25-13(7-9(21)11-3-1-5-23-11)10(22)8-14(26-16(19)20)12-4-2-6-24-12/h1-8H/b13-7-,14-8+. The topological polar surface area (TPSA) is 78.9 Å². The van der Waals surface area contributed by atoms with Gasteiger partial charge in [0.25, 0.3) is 0 Å². The number of furan rings is 2. The smallest absolute Gasteiger partial charge is 0.502 e. The van der Waals surface area contributed by atoms with Crippen molar-refractivity contribution in [2.24, 2.45) is 0 Å². The number of carbonyl (C=O) groups excluding carboxylic acids is 2. The molecule has 0 amide bonds. The van der Waals surface area contributed by atoms with E-state index >= 15 is 0 Å². The SMILES string of the molecule is O=C(/C=C(/OB(F)F)c1ccco1)/C(=C/C(=O)c1ccco1)OB(F)F. The van der Waals surface area contributed by atoms with Gasteiger partial charge in [-0.25, -0.2) is 17.3 Å². The zero-order valence-corrected chi connectivity index (χ0v) is 12.7. The van der Waals surface area contributed by atoms with E-state index < -0.39 is 38.0 Å². The molecule has 0 aliphatic rings. The Hall–Kier alpha value is -3.17. The highest BCUT2D eigenvalue weighted by Gasteiger charge is 2.27. The molecule has 0 aliphatic carbocycles. The Balaban J connectivity index is 2.33. The summed E-state index contributed by atoms with van der Waals surface area (Å²) < 4.78 is 67.7. The first-order valence-electron chi connectivity index (χ1n) is 6.86. The molecule has 0 spiro atoms. The summed E-state index contributed by atoms with van der Waals surface area (Å²) in [5.41, 5.74) is 0. The van der Waals surface area contributed by atoms with Crippen LogP contribution in [0.15, 0.2) is 63.5 Å². The van der Waals surface area contributed by atoms with Crippen LogP contribution in [0.4, 0.5) is 17.3 Å². The van der Waals surface area contributed by atoms with Crippen LogP contribution in [0.25, 0.3) is 5.76 Å². The fourth-order valence-electron chi connectivity index (χ4n) is 1.74. The van der Waals surface area contributed by atoms with Gasteiger partial charge in [0.2, 0.25) is 11.6 Å². The van der Waals surface area contributed by atoms with Gasteiger partial charge >= 0.3 is 14.9 Å². The minimum Gasteiger partial charge on any atom is -0.502 e. The van der Waals surface area contributed by atoms with Gasteiger partial charge in [-0.05, 0) is 24.3 Å². The fraction of sp³-hybridized carbons (Fsp3) is 0. The number of ketones is 2. The molecule has 0 bridgehead atoms. The average Bonchev–Trinajstić information content (AvgIpc) is 3.26. The highest BCUT2D eigenvalue weighted by Crippen LogP contribution is 2.20. The number of hydrogen-bond donors (Lipinski definition) is 0. The summed E-state index contributed by atoms with van der Waals surface area (Å²) in [6.45, 7) is 0. The van der Waals surface area contributed by atoms with Crippen LogP contribution in [0.3, 0.4) is 0 Å². The van der Waals surface area contributed by atoms with Crippen LogP contribution in [0.2, 0.25) is 0 Å². The van der Waals surface area contributed by atoms with Gasteiger partial charge in [0, 0.05) is 12.2 Å². The van der Waals surface area contributed by atoms with Gasteiger partial charge in [0.1, 0.15) is 0 Å². The van der Waals surface area contributed by atoms with Gasteiger partial charge in [0.15, 0.2) is 23.0 Å². The maximum Gasteiger partial charge on any atom is 0.796 e. The lowest BCUT2D eigenvalue weighted by Gasteiger charge is -2.07. The molecular formula is C14H8B2F4O6. The van der Waals surface area contributed by atoms with E-state index in [1.165, 1.54) is 24.3 Å². The Bertz CT molecular complexity index is 800. The maximum absolute atomic E-state index is 12.5. The number of rotatable bonds is 9. The van der Waals surface area contributed by atoms with Crippen LogP contribution >= 0.6 is 0 Å². The third kappa shape index (κ3) is 5.43. The van der Waals surface area contributed by atoms with E-state index in [4.69, 9.17) is 8.83 Å². The molecule has 0 atom stereocenters. The lowest BCUT2D eigenvalue weighted by molar-refractivity contribution is -0.113. The average molecular weight is 370 g/mol. The zero-order chi connectivity index (χ0) is 19.1. The first-order chi connectivity index (χ1) is 12.4. The third-order valence-electron chi connectivity index (χ3n) is 2.73. The van der Waals surface area contributed by atoms with Gasteiger partial charge in [-0.3, -0.25) is 9.59 Å². The van der Waals surface area contributed by atoms with E-state index in [9.17, 15) is 26.9 Å². The second kappa shape index (κ2) is 8.79. The molecule has 12 heteroatoms. The molecule has 2 aromatic rings. The molecule has 134 valence electrons. The number of hydrogen-bond acceptors (Lipinski definition) is 6. The van der Waals surface area contributed by atoms with Crippen LogP contribution in [0.5, 0.6) is 0 Å². The molecule has 0 saturated carbocycles. The van der Waals surface area contributed by atoms with Crippen LogP contribution < -0.4 is 0 Å². The van der Waals surface area contributed by atoms with Crippen LogP contribution in [-0.2, 0) is 14.1 Å². The molecule has 0 saturated heterocycles. The first kappa shape index (κ1) is 19.2. The van der Waals surface area contributed by atoms with Gasteiger partial charge in [-0.15, -0.1) is 0 Å². The molecule has 2 aromatic heterocycles. The van der Waals surface area contributed by atoms with Crippen molar-refractivity contribution in [1.82, 2.24) is 0 Å². The fourth-order valence-corrected chi connectivity index (χ4v) is 1.74. The second-order valence-electron chi connectivity index (χ2n) is 4.46. The van der Waals surface area contributed by atoms with E-state index in [1.54, 1.807) is 0 Å². The molecular weight excluding hydrogens is 362 g/mol. The lowest BCUT2D eigenvalue weighted by atomic mass is 10.1. The van der Waals surface area contributed by atoms with Crippen molar-refractivity contribution in [3.05, 3.63) is 66.2 Å². The summed E-state index contributed by atoms with van der Waals surface area (Å²) in [7, 11) is -6.75. The highest BCUT2D eigenvalue weighted by atomic mass is 19.2. The Morgan fingerprint density at radius 2 is 1.46 bits per heavy atom. The van der Waals surface area contributed by atoms with E-state index in [2.05, 4.69) is 9.31 Å². The highest BCUT2D eigenvalue weighted by molar-refractivity contribution is 6.37. The lowest BCUT2D eigenvalue weighted by Crippen LogP contribution is -2.14. The van der Waals surface area contributed by atoms with Crippen molar-refractivity contribution < 1.29 is 45.0 Å². The Labute approximate surface area is 144 Å². The molecule has 0 aromatic carbocycles. The predicted molar refractivity (Wildman–Crippen MR) is 80.9 cm³/mol. The summed E-state index contributed by atoms with van der Waals surface area (Å²) in [5, 5.41) is 0. The molecule has 0 fully saturated rings. The van der Waals surface area contributed by atoms with Crippen molar-refractivity contribution >= 4 is 32.3 Å². The molecule has 0 aliphatic heterocycles. The summed E-state index contributed by atoms with van der Waals surface area (Å²) in [6.07, 6.45) is 3.16. The Morgan fingerprint density at radius 1 is 0.885 bits per heavy atom. The summed E-state index contributed by atoms with van der Waals surface area (Å²) in [5.74, 6) is -4.59. The normalized spacial score (nSPS) is 11.8. The molecule has 0 unspecified atom stereocenters. The van der Waals surface area contributed by atoms with E-state index in [0.717, 1.165) is 12.5 Å². The van der Waals surface area contributed by atoms with Gasteiger partial charge < -0.3 is 18.1 Å². The van der Waals surface area contributed by atoms with E-state index in [-0.39, 0.29) is 11.5 Å². The molecule has 0 radical (unpaired) electrons. The summed E-state index contributed by atoms with van der Waals surface area (Å²) in [6, 6.07) is 5.12. The van der Waals surface area contributed by atoms with Crippen LogP contribution in [0.1, 0.15) is 16.3 Å². The number of allylic oxidation sites excluding steroid dienone is 2. The van der Waals surface area contributed by atoms with Crippen molar-refractivity contribution in [2.75, 3.05) is 0 Å². The monoisotopic (exact) mass is 370 g/mol. The molecule has 0 N–H and O–H groups in total. The van der Waals surface area contributed by atoms with Crippen LogP contribution in [-0.4, -0.2) is 26.5 Å². The van der Waals surface area contributed by atoms with Crippen LogP contribution in [0, 0.1) is 0 Å². The minimum atomic E-state index is -3.44. The molecule has 2 heterocycles. The Kier molecular flexibility index (Phi) is 6.48. The largest absolute Gasteiger partial charge is 0.796 e. The maximum atomic E-state index is 12.5. The zero-order valence-electron chi connectivity index (χ0n) is 12.7. The number of halogens is 4. The summed E-state index contributed by atoms with van der Waals surface area (Å²) >= 11 is 0. The Morgan fingerprint density at radius 3 is 1.96 bits per heavy atom. The van der Waals surface area contributed by atoms with Gasteiger partial charge in [-0.2, -0.15) is 0 Å². The second-order valence-corrected chi connectivity index (χ2v) is 4.46.